The summed E-state index contributed by atoms with van der Waals surface area (Å²) in [5.41, 5.74) is 8.82. The Morgan fingerprint density at radius 3 is 2.58 bits per heavy atom. The summed E-state index contributed by atoms with van der Waals surface area (Å²) < 4.78 is 1.88. The number of aryl methyl sites for hydroxylation is 2. The van der Waals surface area contributed by atoms with Crippen molar-refractivity contribution >= 4 is 40.1 Å². The van der Waals surface area contributed by atoms with Crippen molar-refractivity contribution in [1.29, 1.82) is 0 Å². The zero-order chi connectivity index (χ0) is 21.4. The van der Waals surface area contributed by atoms with Gasteiger partial charge in [-0.2, -0.15) is 5.10 Å². The predicted molar refractivity (Wildman–Crippen MR) is 126 cm³/mol. The highest BCUT2D eigenvalue weighted by Gasteiger charge is 2.12. The van der Waals surface area contributed by atoms with Gasteiger partial charge in [-0.25, -0.2) is 4.98 Å². The molecule has 3 aromatic heterocycles. The first kappa shape index (κ1) is 19.2. The summed E-state index contributed by atoms with van der Waals surface area (Å²) in [7, 11) is 0. The van der Waals surface area contributed by atoms with Gasteiger partial charge in [-0.3, -0.25) is 9.83 Å². The van der Waals surface area contributed by atoms with Gasteiger partial charge in [0.25, 0.3) is 0 Å². The molecule has 0 aliphatic carbocycles. The van der Waals surface area contributed by atoms with Crippen molar-refractivity contribution in [3.63, 3.8) is 0 Å². The Morgan fingerprint density at radius 2 is 1.74 bits per heavy atom. The number of pyridine rings is 1. The first-order valence-electron chi connectivity index (χ1n) is 9.86. The van der Waals surface area contributed by atoms with E-state index in [0.29, 0.717) is 16.7 Å². The highest BCUT2D eigenvalue weighted by Crippen LogP contribution is 2.30. The minimum Gasteiger partial charge on any atom is -0.297 e. The lowest BCUT2D eigenvalue weighted by Gasteiger charge is -2.10. The largest absolute Gasteiger partial charge is 0.297 e. The fourth-order valence-corrected chi connectivity index (χ4v) is 3.77. The molecule has 0 spiro atoms. The lowest BCUT2D eigenvalue weighted by molar-refractivity contribution is 1.04. The lowest BCUT2D eigenvalue weighted by atomic mass is 10.0. The molecule has 1 N–H and O–H groups in total. The number of aromatic nitrogens is 4. The number of fused-ring (bicyclic) bond motifs is 2. The van der Waals surface area contributed by atoms with Gasteiger partial charge in [0, 0.05) is 22.5 Å². The summed E-state index contributed by atoms with van der Waals surface area (Å²) >= 11 is 6.28. The molecule has 0 atom stereocenters. The monoisotopic (exact) mass is 426 g/mol. The summed E-state index contributed by atoms with van der Waals surface area (Å²) in [6.45, 7) is 4.20. The molecule has 7 heteroatoms. The normalized spacial score (nSPS) is 11.6. The summed E-state index contributed by atoms with van der Waals surface area (Å²) in [6.07, 6.45) is 3.53. The Balaban J connectivity index is 1.52. The lowest BCUT2D eigenvalue weighted by Crippen LogP contribution is -2.00. The number of imidazole rings is 1. The highest BCUT2D eigenvalue weighted by atomic mass is 35.5. The van der Waals surface area contributed by atoms with Crippen LogP contribution in [-0.4, -0.2) is 25.8 Å². The van der Waals surface area contributed by atoms with E-state index in [0.717, 1.165) is 27.7 Å². The number of hydrazone groups is 1. The molecular formula is C24H19ClN6. The second-order valence-corrected chi connectivity index (χ2v) is 7.69. The van der Waals surface area contributed by atoms with Gasteiger partial charge in [-0.15, -0.1) is 10.2 Å². The van der Waals surface area contributed by atoms with Gasteiger partial charge in [-0.1, -0.05) is 54.1 Å². The highest BCUT2D eigenvalue weighted by molar-refractivity contribution is 6.32. The van der Waals surface area contributed by atoms with Crippen molar-refractivity contribution in [2.75, 3.05) is 5.43 Å². The molecular weight excluding hydrogens is 408 g/mol. The molecule has 0 radical (unpaired) electrons. The molecule has 5 aromatic rings. The van der Waals surface area contributed by atoms with Crippen molar-refractivity contribution in [2.45, 2.75) is 13.8 Å². The van der Waals surface area contributed by atoms with Crippen LogP contribution in [0.15, 0.2) is 72.0 Å². The summed E-state index contributed by atoms with van der Waals surface area (Å²) in [4.78, 5) is 4.33. The Labute approximate surface area is 184 Å². The fraction of sp³-hybridized carbons (Fsp3) is 0.0833. The molecule has 2 aromatic carbocycles. The standard InChI is InChI=1S/C24H19ClN6/c1-15-10-11-17(13-16(15)2)22-18-7-3-4-8-19(18)24(30-28-22)29-26-14-20-23(25)27-21-9-5-6-12-31(20)21/h3-14H,1-2H3,(H,29,30)/b26-14+. The Bertz CT molecular complexity index is 1450. The molecule has 0 aliphatic rings. The third kappa shape index (κ3) is 3.51. The Morgan fingerprint density at radius 1 is 0.935 bits per heavy atom. The van der Waals surface area contributed by atoms with Gasteiger partial charge in [0.2, 0.25) is 0 Å². The van der Waals surface area contributed by atoms with Crippen LogP contribution in [0.2, 0.25) is 5.15 Å². The molecule has 0 bridgehead atoms. The van der Waals surface area contributed by atoms with Crippen LogP contribution in [0.5, 0.6) is 0 Å². The van der Waals surface area contributed by atoms with Gasteiger partial charge in [0.1, 0.15) is 17.0 Å². The number of hydrogen-bond acceptors (Lipinski definition) is 5. The number of halogens is 1. The van der Waals surface area contributed by atoms with Crippen LogP contribution in [-0.2, 0) is 0 Å². The van der Waals surface area contributed by atoms with Crippen molar-refractivity contribution in [1.82, 2.24) is 19.6 Å². The van der Waals surface area contributed by atoms with Gasteiger partial charge >= 0.3 is 0 Å². The van der Waals surface area contributed by atoms with Crippen LogP contribution in [0.1, 0.15) is 16.8 Å². The molecule has 3 heterocycles. The van der Waals surface area contributed by atoms with Crippen LogP contribution in [0.4, 0.5) is 5.82 Å². The van der Waals surface area contributed by atoms with Crippen molar-refractivity contribution in [3.8, 4) is 11.3 Å². The zero-order valence-electron chi connectivity index (χ0n) is 17.0. The number of nitrogens with zero attached hydrogens (tertiary/aromatic N) is 5. The molecule has 152 valence electrons. The van der Waals surface area contributed by atoms with E-state index in [2.05, 4.69) is 57.8 Å². The maximum absolute atomic E-state index is 6.28. The quantitative estimate of drug-likeness (QED) is 0.297. The molecule has 5 rings (SSSR count). The van der Waals surface area contributed by atoms with E-state index in [9.17, 15) is 0 Å². The van der Waals surface area contributed by atoms with E-state index in [1.807, 2.05) is 53.1 Å². The number of hydrogen-bond donors (Lipinski definition) is 1. The fourth-order valence-electron chi connectivity index (χ4n) is 3.54. The van der Waals surface area contributed by atoms with Gasteiger partial charge < -0.3 is 0 Å². The average Bonchev–Trinajstić information content (AvgIpc) is 3.11. The number of rotatable bonds is 4. The van der Waals surface area contributed by atoms with Crippen LogP contribution in [0.3, 0.4) is 0 Å². The molecule has 0 amide bonds. The molecule has 0 saturated heterocycles. The topological polar surface area (TPSA) is 67.5 Å². The third-order valence-electron chi connectivity index (χ3n) is 5.35. The maximum atomic E-state index is 6.28. The van der Waals surface area contributed by atoms with Crippen LogP contribution < -0.4 is 5.43 Å². The van der Waals surface area contributed by atoms with Crippen LogP contribution >= 0.6 is 11.6 Å². The van der Waals surface area contributed by atoms with E-state index < -0.39 is 0 Å². The Hall–Kier alpha value is -3.77. The van der Waals surface area contributed by atoms with E-state index in [-0.39, 0.29) is 0 Å². The number of nitrogens with one attached hydrogen (secondary N) is 1. The number of benzene rings is 2. The van der Waals surface area contributed by atoms with Crippen LogP contribution in [0, 0.1) is 13.8 Å². The van der Waals surface area contributed by atoms with Crippen molar-refractivity contribution in [2.24, 2.45) is 5.10 Å². The summed E-state index contributed by atoms with van der Waals surface area (Å²) in [5, 5.41) is 15.6. The van der Waals surface area contributed by atoms with Crippen molar-refractivity contribution < 1.29 is 0 Å². The molecule has 6 nitrogen and oxygen atoms in total. The zero-order valence-corrected chi connectivity index (χ0v) is 17.8. The second kappa shape index (κ2) is 7.81. The van der Waals surface area contributed by atoms with Gasteiger partial charge in [-0.05, 0) is 43.2 Å². The second-order valence-electron chi connectivity index (χ2n) is 7.33. The predicted octanol–water partition coefficient (Wildman–Crippen LogP) is 5.66. The molecule has 31 heavy (non-hydrogen) atoms. The summed E-state index contributed by atoms with van der Waals surface area (Å²) in [6, 6.07) is 20.1. The van der Waals surface area contributed by atoms with E-state index >= 15 is 0 Å². The SMILES string of the molecule is Cc1ccc(-c2nnc(N/N=C/c3c(Cl)nc4ccccn34)c3ccccc23)cc1C. The number of anilines is 1. The first-order valence-corrected chi connectivity index (χ1v) is 10.2. The summed E-state index contributed by atoms with van der Waals surface area (Å²) in [5.74, 6) is 0.573. The van der Waals surface area contributed by atoms with Gasteiger partial charge in [0.05, 0.1) is 6.21 Å². The Kier molecular flexibility index (Phi) is 4.84. The smallest absolute Gasteiger partial charge is 0.176 e. The minimum absolute atomic E-state index is 0.387. The third-order valence-corrected chi connectivity index (χ3v) is 5.63. The van der Waals surface area contributed by atoms with E-state index in [1.165, 1.54) is 11.1 Å². The first-order chi connectivity index (χ1) is 15.1. The van der Waals surface area contributed by atoms with E-state index in [1.54, 1.807) is 6.21 Å². The van der Waals surface area contributed by atoms with Crippen LogP contribution in [0.25, 0.3) is 27.7 Å². The van der Waals surface area contributed by atoms with E-state index in [4.69, 9.17) is 11.6 Å². The van der Waals surface area contributed by atoms with Gasteiger partial charge in [0.15, 0.2) is 11.0 Å². The average molecular weight is 427 g/mol. The van der Waals surface area contributed by atoms with Crippen molar-refractivity contribution in [3.05, 3.63) is 88.8 Å². The molecule has 0 fully saturated rings. The molecule has 0 unspecified atom stereocenters. The minimum atomic E-state index is 0.387. The molecule has 0 aliphatic heterocycles. The molecule has 0 saturated carbocycles. The maximum Gasteiger partial charge on any atom is 0.176 e.